The SMILES string of the molecule is COc1ccc2[nH]cc(C3CCN(C(C)C(=O)Nc4ccc(C)cc4Br)CC3)c2c1. The fraction of sp³-hybridized carbons (Fsp3) is 0.375. The first kappa shape index (κ1) is 20.9. The van der Waals surface area contributed by atoms with Gasteiger partial charge in [0.1, 0.15) is 5.75 Å². The van der Waals surface area contributed by atoms with Crippen LogP contribution in [-0.2, 0) is 4.79 Å². The molecule has 4 rings (SSSR count). The van der Waals surface area contributed by atoms with Gasteiger partial charge in [-0.1, -0.05) is 6.07 Å². The number of aryl methyl sites for hydroxylation is 1. The quantitative estimate of drug-likeness (QED) is 0.521. The summed E-state index contributed by atoms with van der Waals surface area (Å²) in [6, 6.07) is 12.0. The Morgan fingerprint density at radius 2 is 2.00 bits per heavy atom. The van der Waals surface area contributed by atoms with Crippen molar-refractivity contribution in [2.45, 2.75) is 38.6 Å². The van der Waals surface area contributed by atoms with Gasteiger partial charge in [-0.3, -0.25) is 9.69 Å². The Morgan fingerprint density at radius 1 is 1.23 bits per heavy atom. The van der Waals surface area contributed by atoms with Crippen molar-refractivity contribution < 1.29 is 9.53 Å². The molecular weight excluding hydrogens is 442 g/mol. The molecule has 1 aromatic heterocycles. The van der Waals surface area contributed by atoms with Crippen molar-refractivity contribution >= 4 is 38.4 Å². The highest BCUT2D eigenvalue weighted by atomic mass is 79.9. The van der Waals surface area contributed by atoms with Gasteiger partial charge in [-0.25, -0.2) is 0 Å². The second kappa shape index (κ2) is 8.82. The van der Waals surface area contributed by atoms with Gasteiger partial charge in [0.05, 0.1) is 18.8 Å². The summed E-state index contributed by atoms with van der Waals surface area (Å²) in [5.74, 6) is 1.41. The van der Waals surface area contributed by atoms with Gasteiger partial charge in [-0.05, 0) is 103 Å². The molecule has 1 unspecified atom stereocenters. The fourth-order valence-corrected chi connectivity index (χ4v) is 4.90. The number of nitrogens with zero attached hydrogens (tertiary/aromatic N) is 1. The number of hydrogen-bond acceptors (Lipinski definition) is 3. The lowest BCUT2D eigenvalue weighted by molar-refractivity contribution is -0.121. The number of H-pyrrole nitrogens is 1. The summed E-state index contributed by atoms with van der Waals surface area (Å²) in [6.45, 7) is 5.84. The number of rotatable bonds is 5. The number of aromatic amines is 1. The van der Waals surface area contributed by atoms with Gasteiger partial charge in [0.2, 0.25) is 5.91 Å². The van der Waals surface area contributed by atoms with Gasteiger partial charge in [0, 0.05) is 21.6 Å². The van der Waals surface area contributed by atoms with Crippen LogP contribution in [0.2, 0.25) is 0 Å². The van der Waals surface area contributed by atoms with Gasteiger partial charge < -0.3 is 15.0 Å². The molecule has 0 aliphatic carbocycles. The van der Waals surface area contributed by atoms with E-state index >= 15 is 0 Å². The van der Waals surface area contributed by atoms with Gasteiger partial charge in [0.15, 0.2) is 0 Å². The molecule has 1 atom stereocenters. The number of amides is 1. The van der Waals surface area contributed by atoms with E-state index in [-0.39, 0.29) is 11.9 Å². The third-order valence-corrected chi connectivity index (χ3v) is 6.86. The maximum absolute atomic E-state index is 12.8. The summed E-state index contributed by atoms with van der Waals surface area (Å²) in [5.41, 5.74) is 4.47. The van der Waals surface area contributed by atoms with Crippen LogP contribution in [0.4, 0.5) is 5.69 Å². The van der Waals surface area contributed by atoms with Crippen LogP contribution in [0.1, 0.15) is 36.8 Å². The number of anilines is 1. The summed E-state index contributed by atoms with van der Waals surface area (Å²) >= 11 is 3.54. The molecule has 2 N–H and O–H groups in total. The molecule has 1 fully saturated rings. The summed E-state index contributed by atoms with van der Waals surface area (Å²) in [5, 5.41) is 4.30. The van der Waals surface area contributed by atoms with Crippen LogP contribution < -0.4 is 10.1 Å². The molecule has 2 heterocycles. The van der Waals surface area contributed by atoms with Crippen molar-refractivity contribution in [3.8, 4) is 5.75 Å². The summed E-state index contributed by atoms with van der Waals surface area (Å²) < 4.78 is 6.32. The molecule has 6 heteroatoms. The van der Waals surface area contributed by atoms with Crippen LogP contribution in [0.15, 0.2) is 47.1 Å². The van der Waals surface area contributed by atoms with Crippen molar-refractivity contribution in [2.75, 3.05) is 25.5 Å². The van der Waals surface area contributed by atoms with Gasteiger partial charge in [-0.2, -0.15) is 0 Å². The highest BCUT2D eigenvalue weighted by Crippen LogP contribution is 2.35. The number of benzene rings is 2. The third-order valence-electron chi connectivity index (χ3n) is 6.20. The molecule has 1 aliphatic rings. The predicted molar refractivity (Wildman–Crippen MR) is 125 cm³/mol. The molecule has 1 amide bonds. The number of likely N-dealkylation sites (tertiary alicyclic amines) is 1. The molecule has 2 aromatic carbocycles. The van der Waals surface area contributed by atoms with Crippen LogP contribution in [0.25, 0.3) is 10.9 Å². The van der Waals surface area contributed by atoms with Crippen LogP contribution in [0, 0.1) is 6.92 Å². The molecule has 30 heavy (non-hydrogen) atoms. The lowest BCUT2D eigenvalue weighted by atomic mass is 9.88. The number of aromatic nitrogens is 1. The Bertz CT molecular complexity index is 1050. The molecule has 5 nitrogen and oxygen atoms in total. The summed E-state index contributed by atoms with van der Waals surface area (Å²) in [6.07, 6.45) is 4.21. The van der Waals surface area contributed by atoms with E-state index in [0.29, 0.717) is 5.92 Å². The molecule has 3 aromatic rings. The van der Waals surface area contributed by atoms with E-state index in [4.69, 9.17) is 4.74 Å². The van der Waals surface area contributed by atoms with E-state index in [1.807, 2.05) is 38.1 Å². The van der Waals surface area contributed by atoms with Crippen molar-refractivity contribution in [3.05, 3.63) is 58.2 Å². The Balaban J connectivity index is 1.40. The number of ether oxygens (including phenoxy) is 1. The van der Waals surface area contributed by atoms with Crippen molar-refractivity contribution in [2.24, 2.45) is 0 Å². The van der Waals surface area contributed by atoms with E-state index in [1.165, 1.54) is 10.9 Å². The zero-order chi connectivity index (χ0) is 21.3. The zero-order valence-electron chi connectivity index (χ0n) is 17.7. The number of piperidine rings is 1. The predicted octanol–water partition coefficient (Wildman–Crippen LogP) is 5.45. The highest BCUT2D eigenvalue weighted by Gasteiger charge is 2.28. The van der Waals surface area contributed by atoms with Crippen LogP contribution in [0.3, 0.4) is 0 Å². The van der Waals surface area contributed by atoms with Crippen molar-refractivity contribution in [3.63, 3.8) is 0 Å². The first-order valence-electron chi connectivity index (χ1n) is 10.4. The smallest absolute Gasteiger partial charge is 0.241 e. The van der Waals surface area contributed by atoms with E-state index < -0.39 is 0 Å². The molecule has 158 valence electrons. The normalized spacial score (nSPS) is 16.5. The van der Waals surface area contributed by atoms with Crippen LogP contribution in [0.5, 0.6) is 5.75 Å². The second-order valence-electron chi connectivity index (χ2n) is 8.11. The Morgan fingerprint density at radius 3 is 2.70 bits per heavy atom. The van der Waals surface area contributed by atoms with Gasteiger partial charge >= 0.3 is 0 Å². The summed E-state index contributed by atoms with van der Waals surface area (Å²) in [7, 11) is 1.70. The zero-order valence-corrected chi connectivity index (χ0v) is 19.3. The van der Waals surface area contributed by atoms with Crippen LogP contribution in [-0.4, -0.2) is 42.0 Å². The molecule has 0 radical (unpaired) electrons. The Kier molecular flexibility index (Phi) is 6.16. The van der Waals surface area contributed by atoms with Gasteiger partial charge in [0.25, 0.3) is 0 Å². The number of hydrogen-bond donors (Lipinski definition) is 2. The first-order chi connectivity index (χ1) is 14.5. The van der Waals surface area contributed by atoms with E-state index in [1.54, 1.807) is 7.11 Å². The van der Waals surface area contributed by atoms with Crippen molar-refractivity contribution in [1.82, 2.24) is 9.88 Å². The topological polar surface area (TPSA) is 57.4 Å². The minimum atomic E-state index is -0.165. The third kappa shape index (κ3) is 4.25. The Labute approximate surface area is 185 Å². The van der Waals surface area contributed by atoms with Crippen LogP contribution >= 0.6 is 15.9 Å². The minimum absolute atomic E-state index is 0.0369. The highest BCUT2D eigenvalue weighted by molar-refractivity contribution is 9.10. The average Bonchev–Trinajstić information content (AvgIpc) is 3.18. The molecule has 0 bridgehead atoms. The first-order valence-corrected chi connectivity index (χ1v) is 11.2. The van der Waals surface area contributed by atoms with Gasteiger partial charge in [-0.15, -0.1) is 0 Å². The number of carbonyl (C=O) groups excluding carboxylic acids is 1. The summed E-state index contributed by atoms with van der Waals surface area (Å²) in [4.78, 5) is 18.5. The molecule has 1 aliphatic heterocycles. The molecular formula is C24H28BrN3O2. The number of carbonyl (C=O) groups is 1. The molecule has 0 spiro atoms. The number of fused-ring (bicyclic) bond motifs is 1. The lowest BCUT2D eigenvalue weighted by Crippen LogP contribution is -2.45. The maximum atomic E-state index is 12.8. The fourth-order valence-electron chi connectivity index (χ4n) is 4.31. The van der Waals surface area contributed by atoms with E-state index in [9.17, 15) is 4.79 Å². The molecule has 1 saturated heterocycles. The second-order valence-corrected chi connectivity index (χ2v) is 8.97. The molecule has 0 saturated carbocycles. The van der Waals surface area contributed by atoms with E-state index in [0.717, 1.165) is 52.9 Å². The standard InChI is InChI=1S/C24H28BrN3O2/c1-15-4-6-23(21(25)12-15)27-24(29)16(2)28-10-8-17(9-11-28)20-14-26-22-7-5-18(30-3)13-19(20)22/h4-7,12-14,16-17,26H,8-11H2,1-3H3,(H,27,29). The maximum Gasteiger partial charge on any atom is 0.241 e. The average molecular weight is 470 g/mol. The number of methoxy groups -OCH3 is 1. The lowest BCUT2D eigenvalue weighted by Gasteiger charge is -2.35. The number of nitrogens with one attached hydrogen (secondary N) is 2. The van der Waals surface area contributed by atoms with Crippen molar-refractivity contribution in [1.29, 1.82) is 0 Å². The number of halogens is 1. The monoisotopic (exact) mass is 469 g/mol. The largest absolute Gasteiger partial charge is 0.497 e. The Hall–Kier alpha value is -2.31. The minimum Gasteiger partial charge on any atom is -0.497 e. The van der Waals surface area contributed by atoms with E-state index in [2.05, 4.69) is 49.5 Å².